The Bertz CT molecular complexity index is 994. The van der Waals surface area contributed by atoms with Crippen LogP contribution in [0, 0.1) is 10.1 Å². The number of nitro groups is 1. The normalized spacial score (nSPS) is 10.4. The molecule has 27 heavy (non-hydrogen) atoms. The summed E-state index contributed by atoms with van der Waals surface area (Å²) in [6, 6.07) is 11.7. The summed E-state index contributed by atoms with van der Waals surface area (Å²) in [4.78, 5) is 26.7. The van der Waals surface area contributed by atoms with Crippen LogP contribution < -0.4 is 10.6 Å². The lowest BCUT2D eigenvalue weighted by Gasteiger charge is -2.07. The van der Waals surface area contributed by atoms with Gasteiger partial charge in [-0.2, -0.15) is 0 Å². The number of amides is 1. The molecule has 0 aliphatic rings. The first-order valence-electron chi connectivity index (χ1n) is 7.61. The fraction of sp³-hybridized carbons (Fsp3) is 0.0588. The van der Waals surface area contributed by atoms with Crippen molar-refractivity contribution >= 4 is 61.3 Å². The van der Waals surface area contributed by atoms with E-state index in [-0.39, 0.29) is 23.2 Å². The average molecular weight is 468 g/mol. The quantitative estimate of drug-likeness (QED) is 0.384. The lowest BCUT2D eigenvalue weighted by molar-refractivity contribution is -0.384. The summed E-state index contributed by atoms with van der Waals surface area (Å²) in [5.74, 6) is -0.305. The van der Waals surface area contributed by atoms with Gasteiger partial charge in [0.25, 0.3) is 5.69 Å². The molecule has 3 rings (SSSR count). The van der Waals surface area contributed by atoms with Crippen LogP contribution in [0.15, 0.2) is 52.3 Å². The van der Waals surface area contributed by atoms with E-state index in [0.29, 0.717) is 10.8 Å². The first kappa shape index (κ1) is 19.3. The Labute approximate surface area is 171 Å². The Morgan fingerprint density at radius 3 is 2.67 bits per heavy atom. The Hall–Kier alpha value is -2.49. The van der Waals surface area contributed by atoms with E-state index in [4.69, 9.17) is 11.6 Å². The van der Waals surface area contributed by atoms with E-state index in [1.54, 1.807) is 0 Å². The molecule has 0 bridgehead atoms. The summed E-state index contributed by atoms with van der Waals surface area (Å²) < 4.78 is 0.978. The Balaban J connectivity index is 1.58. The summed E-state index contributed by atoms with van der Waals surface area (Å²) in [7, 11) is 0. The largest absolute Gasteiger partial charge is 0.375 e. The van der Waals surface area contributed by atoms with Crippen molar-refractivity contribution in [1.29, 1.82) is 0 Å². The maximum Gasteiger partial charge on any atom is 0.271 e. The Kier molecular flexibility index (Phi) is 6.04. The number of benzene rings is 2. The third-order valence-electron chi connectivity index (χ3n) is 3.49. The average Bonchev–Trinajstić information content (AvgIpc) is 3.09. The van der Waals surface area contributed by atoms with Crippen molar-refractivity contribution in [2.24, 2.45) is 0 Å². The molecule has 2 N–H and O–H groups in total. The number of halogens is 2. The van der Waals surface area contributed by atoms with Crippen LogP contribution in [0.4, 0.5) is 16.5 Å². The molecule has 0 spiro atoms. The molecule has 0 aliphatic heterocycles. The predicted molar refractivity (Wildman–Crippen MR) is 110 cm³/mol. The van der Waals surface area contributed by atoms with Gasteiger partial charge in [-0.25, -0.2) is 4.98 Å². The van der Waals surface area contributed by atoms with E-state index in [2.05, 4.69) is 31.5 Å². The number of aromatic nitrogens is 1. The number of carbonyl (C=O) groups excluding carboxylic acids is 1. The zero-order chi connectivity index (χ0) is 19.4. The number of hydrogen-bond acceptors (Lipinski definition) is 6. The molecule has 0 atom stereocenters. The van der Waals surface area contributed by atoms with Crippen molar-refractivity contribution in [2.75, 3.05) is 17.2 Å². The zero-order valence-corrected chi connectivity index (χ0v) is 16.8. The van der Waals surface area contributed by atoms with Gasteiger partial charge in [0.05, 0.1) is 27.9 Å². The number of hydrogen-bond donors (Lipinski definition) is 2. The van der Waals surface area contributed by atoms with Gasteiger partial charge in [0.15, 0.2) is 5.13 Å². The summed E-state index contributed by atoms with van der Waals surface area (Å²) in [5, 5.41) is 18.8. The second-order valence-electron chi connectivity index (χ2n) is 5.37. The lowest BCUT2D eigenvalue weighted by Crippen LogP contribution is -2.21. The maximum absolute atomic E-state index is 12.1. The minimum Gasteiger partial charge on any atom is -0.375 e. The molecule has 7 nitrogen and oxygen atoms in total. The molecule has 0 fully saturated rings. The van der Waals surface area contributed by atoms with Gasteiger partial charge >= 0.3 is 0 Å². The highest BCUT2D eigenvalue weighted by Gasteiger charge is 2.11. The van der Waals surface area contributed by atoms with Gasteiger partial charge in [-0.15, -0.1) is 11.3 Å². The number of nitrogens with one attached hydrogen (secondary N) is 2. The van der Waals surface area contributed by atoms with Crippen molar-refractivity contribution in [1.82, 2.24) is 4.98 Å². The van der Waals surface area contributed by atoms with Crippen molar-refractivity contribution in [3.63, 3.8) is 0 Å². The molecule has 1 amide bonds. The Morgan fingerprint density at radius 1 is 1.26 bits per heavy atom. The van der Waals surface area contributed by atoms with E-state index < -0.39 is 4.92 Å². The van der Waals surface area contributed by atoms with Crippen LogP contribution in [-0.4, -0.2) is 22.4 Å². The Morgan fingerprint density at radius 2 is 2.00 bits per heavy atom. The molecule has 0 saturated carbocycles. The second-order valence-corrected chi connectivity index (χ2v) is 7.55. The number of carbonyl (C=O) groups is 1. The van der Waals surface area contributed by atoms with Gasteiger partial charge in [-0.3, -0.25) is 14.9 Å². The van der Waals surface area contributed by atoms with Crippen LogP contribution in [0.3, 0.4) is 0 Å². The standard InChI is InChI=1S/C17H12BrClN4O3S/c18-11-3-1-10(2-4-11)15-9-27-17(21-15)22-16(24)8-20-14-6-5-12(23(25)26)7-13(14)19/h1-7,9,20H,8H2,(H,21,22,24). The molecule has 2 aromatic carbocycles. The van der Waals surface area contributed by atoms with Gasteiger partial charge in [-0.05, 0) is 18.2 Å². The minimum atomic E-state index is -0.534. The van der Waals surface area contributed by atoms with E-state index in [1.807, 2.05) is 29.6 Å². The summed E-state index contributed by atoms with van der Waals surface area (Å²) in [6.07, 6.45) is 0. The highest BCUT2D eigenvalue weighted by atomic mass is 79.9. The van der Waals surface area contributed by atoms with Crippen molar-refractivity contribution in [3.05, 3.63) is 67.5 Å². The second kappa shape index (κ2) is 8.47. The fourth-order valence-corrected chi connectivity index (χ4v) is 3.43. The first-order chi connectivity index (χ1) is 12.9. The number of thiazole rings is 1. The topological polar surface area (TPSA) is 97.2 Å². The van der Waals surface area contributed by atoms with Gasteiger partial charge in [0.2, 0.25) is 5.91 Å². The van der Waals surface area contributed by atoms with Gasteiger partial charge in [0.1, 0.15) is 0 Å². The highest BCUT2D eigenvalue weighted by molar-refractivity contribution is 9.10. The van der Waals surface area contributed by atoms with Crippen LogP contribution in [0.5, 0.6) is 0 Å². The number of non-ortho nitro benzene ring substituents is 1. The monoisotopic (exact) mass is 466 g/mol. The zero-order valence-electron chi connectivity index (χ0n) is 13.6. The predicted octanol–water partition coefficient (Wildman–Crippen LogP) is 5.18. The minimum absolute atomic E-state index is 0.0509. The van der Waals surface area contributed by atoms with Gasteiger partial charge in [-0.1, -0.05) is 39.7 Å². The lowest BCUT2D eigenvalue weighted by atomic mass is 10.2. The number of nitro benzene ring substituents is 1. The van der Waals surface area contributed by atoms with Gasteiger partial charge < -0.3 is 10.6 Å². The summed E-state index contributed by atoms with van der Waals surface area (Å²) >= 11 is 10.7. The molecule has 10 heteroatoms. The van der Waals surface area contributed by atoms with Crippen molar-refractivity contribution in [3.8, 4) is 11.3 Å². The van der Waals surface area contributed by atoms with Crippen LogP contribution >= 0.6 is 38.9 Å². The molecule has 1 heterocycles. The van der Waals surface area contributed by atoms with Crippen LogP contribution in [0.25, 0.3) is 11.3 Å². The molecular formula is C17H12BrClN4O3S. The number of anilines is 2. The molecule has 0 saturated heterocycles. The third kappa shape index (κ3) is 5.03. The third-order valence-corrected chi connectivity index (χ3v) is 5.09. The fourth-order valence-electron chi connectivity index (χ4n) is 2.18. The van der Waals surface area contributed by atoms with E-state index in [0.717, 1.165) is 15.7 Å². The van der Waals surface area contributed by atoms with E-state index in [1.165, 1.54) is 29.5 Å². The van der Waals surface area contributed by atoms with Crippen molar-refractivity contribution in [2.45, 2.75) is 0 Å². The molecule has 1 aromatic heterocycles. The molecule has 0 aliphatic carbocycles. The molecule has 138 valence electrons. The van der Waals surface area contributed by atoms with E-state index >= 15 is 0 Å². The van der Waals surface area contributed by atoms with Crippen LogP contribution in [0.2, 0.25) is 5.02 Å². The van der Waals surface area contributed by atoms with Gasteiger partial charge in [0, 0.05) is 27.5 Å². The van der Waals surface area contributed by atoms with Crippen LogP contribution in [-0.2, 0) is 4.79 Å². The number of nitrogens with zero attached hydrogens (tertiary/aromatic N) is 2. The molecule has 0 unspecified atom stereocenters. The molecule has 0 radical (unpaired) electrons. The highest BCUT2D eigenvalue weighted by Crippen LogP contribution is 2.27. The summed E-state index contributed by atoms with van der Waals surface area (Å²) in [6.45, 7) is -0.0509. The molecular weight excluding hydrogens is 456 g/mol. The summed E-state index contributed by atoms with van der Waals surface area (Å²) in [5.41, 5.74) is 2.05. The smallest absolute Gasteiger partial charge is 0.271 e. The van der Waals surface area contributed by atoms with E-state index in [9.17, 15) is 14.9 Å². The van der Waals surface area contributed by atoms with Crippen LogP contribution in [0.1, 0.15) is 0 Å². The van der Waals surface area contributed by atoms with Crippen molar-refractivity contribution < 1.29 is 9.72 Å². The SMILES string of the molecule is O=C(CNc1ccc([N+](=O)[O-])cc1Cl)Nc1nc(-c2ccc(Br)cc2)cs1. The molecule has 3 aromatic rings. The first-order valence-corrected chi connectivity index (χ1v) is 9.66. The maximum atomic E-state index is 12.1. The number of rotatable bonds is 6.